The fourth-order valence-electron chi connectivity index (χ4n) is 2.73. The van der Waals surface area contributed by atoms with Crippen molar-refractivity contribution >= 4 is 45.6 Å². The molecule has 184 valence electrons. The number of aliphatic imine (C=N–C) groups is 1. The molecule has 0 amide bonds. The van der Waals surface area contributed by atoms with E-state index in [9.17, 15) is 9.18 Å². The van der Waals surface area contributed by atoms with Gasteiger partial charge in [-0.1, -0.05) is 25.1 Å². The van der Waals surface area contributed by atoms with Crippen molar-refractivity contribution < 1.29 is 9.18 Å². The Morgan fingerprint density at radius 1 is 1.29 bits per heavy atom. The van der Waals surface area contributed by atoms with E-state index in [4.69, 9.17) is 4.91 Å². The summed E-state index contributed by atoms with van der Waals surface area (Å²) in [5.74, 6) is -0.276. The number of nitroso groups, excluding NO2 is 1. The Balaban J connectivity index is 0.00000104. The predicted molar refractivity (Wildman–Crippen MR) is 143 cm³/mol. The van der Waals surface area contributed by atoms with E-state index < -0.39 is 0 Å². The van der Waals surface area contributed by atoms with Crippen molar-refractivity contribution in [2.75, 3.05) is 25.5 Å². The van der Waals surface area contributed by atoms with Gasteiger partial charge in [-0.3, -0.25) is 4.79 Å². The van der Waals surface area contributed by atoms with E-state index in [1.807, 2.05) is 27.0 Å². The van der Waals surface area contributed by atoms with Gasteiger partial charge >= 0.3 is 0 Å². The summed E-state index contributed by atoms with van der Waals surface area (Å²) in [7, 11) is 1.83. The number of hydrogen-bond acceptors (Lipinski definition) is 7. The van der Waals surface area contributed by atoms with E-state index >= 15 is 0 Å². The Morgan fingerprint density at radius 3 is 2.59 bits per heavy atom. The number of halogens is 1. The van der Waals surface area contributed by atoms with E-state index in [2.05, 4.69) is 27.4 Å². The highest BCUT2D eigenvalue weighted by Crippen LogP contribution is 2.40. The van der Waals surface area contributed by atoms with Gasteiger partial charge in [0.2, 0.25) is 0 Å². The number of nitrogens with zero attached hydrogens (tertiary/aromatic N) is 4. The third kappa shape index (κ3) is 8.62. The van der Waals surface area contributed by atoms with Crippen LogP contribution in [-0.2, 0) is 0 Å². The molecule has 2 aromatic heterocycles. The number of carbonyl (C=O) groups is 1. The average molecular weight is 488 g/mol. The maximum atomic E-state index is 13.9. The lowest BCUT2D eigenvalue weighted by Crippen LogP contribution is -2.13. The zero-order valence-corrected chi connectivity index (χ0v) is 21.6. The zero-order valence-electron chi connectivity index (χ0n) is 20.8. The van der Waals surface area contributed by atoms with E-state index in [0.717, 1.165) is 47.3 Å². The van der Waals surface area contributed by atoms with Crippen LogP contribution < -0.4 is 5.32 Å². The number of aldehydes is 1. The topological polar surface area (TPSA) is 87.0 Å². The van der Waals surface area contributed by atoms with Gasteiger partial charge in [0.05, 0.1) is 28.8 Å². The summed E-state index contributed by atoms with van der Waals surface area (Å²) >= 11 is 1.32. The van der Waals surface area contributed by atoms with Crippen molar-refractivity contribution in [3.63, 3.8) is 0 Å². The number of fused-ring (bicyclic) bond motifs is 1. The van der Waals surface area contributed by atoms with Crippen LogP contribution in [0.1, 0.15) is 57.1 Å². The Kier molecular flexibility index (Phi) is 13.2. The molecule has 0 aliphatic heterocycles. The van der Waals surface area contributed by atoms with Crippen molar-refractivity contribution in [3.8, 4) is 0 Å². The second kappa shape index (κ2) is 15.6. The third-order valence-electron chi connectivity index (χ3n) is 4.61. The number of aromatic nitrogens is 1. The van der Waals surface area contributed by atoms with Crippen LogP contribution in [0, 0.1) is 4.91 Å². The van der Waals surface area contributed by atoms with Gasteiger partial charge < -0.3 is 10.2 Å². The number of pyridine rings is 1. The minimum atomic E-state index is -0.276. The van der Waals surface area contributed by atoms with Crippen molar-refractivity contribution in [2.24, 2.45) is 10.2 Å². The summed E-state index contributed by atoms with van der Waals surface area (Å²) in [6.45, 7) is 10.7. The molecule has 34 heavy (non-hydrogen) atoms. The fraction of sp³-hybridized carbons (Fsp3) is 0.400. The molecular formula is C25H34FN5O2S. The van der Waals surface area contributed by atoms with Gasteiger partial charge in [0.15, 0.2) is 6.29 Å². The number of carbonyl (C=O) groups excluding carboxylic acids is 1. The van der Waals surface area contributed by atoms with E-state index in [1.165, 1.54) is 17.4 Å². The van der Waals surface area contributed by atoms with Crippen LogP contribution in [0.2, 0.25) is 0 Å². The second-order valence-corrected chi connectivity index (χ2v) is 8.45. The monoisotopic (exact) mass is 487 g/mol. The van der Waals surface area contributed by atoms with Crippen LogP contribution in [-0.4, -0.2) is 42.6 Å². The SMILES string of the molecule is CCCN=O.C\C=C/C(F)=C(C)\C=C(/C)N(C)C=Nc1c(C=O)sc2nccc(NCCC)c12. The molecule has 0 unspecified atom stereocenters. The molecule has 0 radical (unpaired) electrons. The minimum Gasteiger partial charge on any atom is -0.384 e. The van der Waals surface area contributed by atoms with Gasteiger partial charge in [-0.05, 0) is 57.4 Å². The fourth-order valence-corrected chi connectivity index (χ4v) is 3.66. The van der Waals surface area contributed by atoms with Crippen LogP contribution in [0.4, 0.5) is 15.8 Å². The van der Waals surface area contributed by atoms with Crippen LogP contribution in [0.3, 0.4) is 0 Å². The van der Waals surface area contributed by atoms with Crippen molar-refractivity contribution in [1.29, 1.82) is 0 Å². The molecule has 0 saturated carbocycles. The average Bonchev–Trinajstić information content (AvgIpc) is 3.20. The molecule has 7 nitrogen and oxygen atoms in total. The zero-order chi connectivity index (χ0) is 25.5. The summed E-state index contributed by atoms with van der Waals surface area (Å²) in [6, 6.07) is 1.89. The van der Waals surface area contributed by atoms with Gasteiger partial charge in [0.1, 0.15) is 10.7 Å². The first-order valence-corrected chi connectivity index (χ1v) is 12.0. The maximum Gasteiger partial charge on any atom is 0.162 e. The third-order valence-corrected chi connectivity index (χ3v) is 5.62. The highest BCUT2D eigenvalue weighted by atomic mass is 32.1. The molecule has 9 heteroatoms. The summed E-state index contributed by atoms with van der Waals surface area (Å²) in [6.07, 6.45) is 10.9. The quantitative estimate of drug-likeness (QED) is 0.117. The number of rotatable bonds is 11. The second-order valence-electron chi connectivity index (χ2n) is 7.42. The Hall–Kier alpha value is -3.20. The highest BCUT2D eigenvalue weighted by molar-refractivity contribution is 7.21. The van der Waals surface area contributed by atoms with E-state index in [0.29, 0.717) is 22.7 Å². The van der Waals surface area contributed by atoms with Gasteiger partial charge in [-0.25, -0.2) is 14.4 Å². The predicted octanol–water partition coefficient (Wildman–Crippen LogP) is 7.41. The number of nitrogens with one attached hydrogen (secondary N) is 1. The molecule has 0 aliphatic rings. The molecule has 0 atom stereocenters. The van der Waals surface area contributed by atoms with Crippen LogP contribution in [0.15, 0.2) is 57.8 Å². The normalized spacial score (nSPS) is 12.5. The summed E-state index contributed by atoms with van der Waals surface area (Å²) in [5, 5.41) is 6.82. The Labute approximate surface area is 205 Å². The molecule has 1 N–H and O–H groups in total. The highest BCUT2D eigenvalue weighted by Gasteiger charge is 2.15. The Morgan fingerprint density at radius 2 is 2.03 bits per heavy atom. The number of anilines is 1. The van der Waals surface area contributed by atoms with Crippen LogP contribution >= 0.6 is 11.3 Å². The maximum absolute atomic E-state index is 13.9. The molecule has 0 aliphatic carbocycles. The largest absolute Gasteiger partial charge is 0.384 e. The number of hydrogen-bond donors (Lipinski definition) is 1. The number of thiophene rings is 1. The van der Waals surface area contributed by atoms with Crippen molar-refractivity contribution in [3.05, 3.63) is 57.4 Å². The summed E-state index contributed by atoms with van der Waals surface area (Å²) < 4.78 is 13.9. The lowest BCUT2D eigenvalue weighted by atomic mass is 10.2. The Bertz CT molecular complexity index is 1070. The molecule has 2 heterocycles. The lowest BCUT2D eigenvalue weighted by molar-refractivity contribution is 0.112. The molecule has 0 bridgehead atoms. The van der Waals surface area contributed by atoms with Crippen LogP contribution in [0.5, 0.6) is 0 Å². The molecule has 0 saturated heterocycles. The summed E-state index contributed by atoms with van der Waals surface area (Å²) in [5.41, 5.74) is 2.86. The molecule has 2 rings (SSSR count). The first kappa shape index (κ1) is 28.8. The van der Waals surface area contributed by atoms with E-state index in [-0.39, 0.29) is 5.83 Å². The smallest absolute Gasteiger partial charge is 0.162 e. The minimum absolute atomic E-state index is 0.276. The van der Waals surface area contributed by atoms with Crippen molar-refractivity contribution in [2.45, 2.75) is 47.5 Å². The van der Waals surface area contributed by atoms with Gasteiger partial charge in [0.25, 0.3) is 0 Å². The number of allylic oxidation sites excluding steroid dienone is 6. The van der Waals surface area contributed by atoms with Gasteiger partial charge in [-0.2, -0.15) is 4.91 Å². The molecule has 2 aromatic rings. The summed E-state index contributed by atoms with van der Waals surface area (Å²) in [4.78, 5) is 32.8. The molecular weight excluding hydrogens is 453 g/mol. The first-order valence-electron chi connectivity index (χ1n) is 11.2. The van der Waals surface area contributed by atoms with Gasteiger partial charge in [-0.15, -0.1) is 11.3 Å². The van der Waals surface area contributed by atoms with Gasteiger partial charge in [0, 0.05) is 31.2 Å². The van der Waals surface area contributed by atoms with Crippen LogP contribution in [0.25, 0.3) is 10.2 Å². The lowest BCUT2D eigenvalue weighted by Gasteiger charge is -2.14. The molecule has 0 aromatic carbocycles. The first-order chi connectivity index (χ1) is 16.3. The standard InChI is InChI=1S/C22H27FN4OS.C3H7NO/c1-6-8-17(23)15(3)12-16(4)27(5)14-26-21-19(13-28)29-22-20(21)18(9-11-25-22)24-10-7-2;1-2-3-4-5/h6,8-9,11-14H,7,10H2,1-5H3,(H,24,25);2-3H2,1H3/b8-6-,16-12+,17-15+,26-14?;. The molecule has 0 fully saturated rings. The van der Waals surface area contributed by atoms with E-state index in [1.54, 1.807) is 43.4 Å². The molecule has 0 spiro atoms. The van der Waals surface area contributed by atoms with Crippen molar-refractivity contribution in [1.82, 2.24) is 9.88 Å².